The summed E-state index contributed by atoms with van der Waals surface area (Å²) in [6.45, 7) is 1.38. The highest BCUT2D eigenvalue weighted by molar-refractivity contribution is 5.99. The van der Waals surface area contributed by atoms with Crippen LogP contribution < -0.4 is 20.9 Å². The fraction of sp³-hybridized carbons (Fsp3) is 0.0400. The number of para-hydroxylation sites is 1. The van der Waals surface area contributed by atoms with Crippen molar-refractivity contribution in [1.82, 2.24) is 10.9 Å². The van der Waals surface area contributed by atoms with Crippen LogP contribution >= 0.6 is 0 Å². The summed E-state index contributed by atoms with van der Waals surface area (Å²) >= 11 is 0. The van der Waals surface area contributed by atoms with Crippen molar-refractivity contribution >= 4 is 35.5 Å². The van der Waals surface area contributed by atoms with E-state index in [2.05, 4.69) is 16.2 Å². The number of benzene rings is 3. The summed E-state index contributed by atoms with van der Waals surface area (Å²) in [6.07, 6.45) is 2.67. The SMILES string of the molecule is CC(=O)Nc1ccc(C(=O)NNC(=O)/C=C/c2ccccc2OC(=O)c2ccccc2)cc1. The van der Waals surface area contributed by atoms with Gasteiger partial charge in [-0.2, -0.15) is 0 Å². The summed E-state index contributed by atoms with van der Waals surface area (Å²) in [5.41, 5.74) is 6.35. The van der Waals surface area contributed by atoms with Crippen LogP contribution in [0.1, 0.15) is 33.2 Å². The Labute approximate surface area is 190 Å². The molecule has 0 radical (unpaired) electrons. The van der Waals surface area contributed by atoms with Gasteiger partial charge in [0.15, 0.2) is 0 Å². The highest BCUT2D eigenvalue weighted by Crippen LogP contribution is 2.20. The number of carbonyl (C=O) groups excluding carboxylic acids is 4. The Hall–Kier alpha value is -4.72. The van der Waals surface area contributed by atoms with Crippen LogP contribution in [0.5, 0.6) is 5.75 Å². The van der Waals surface area contributed by atoms with Crippen molar-refractivity contribution in [1.29, 1.82) is 0 Å². The van der Waals surface area contributed by atoms with Crippen molar-refractivity contribution in [2.75, 3.05) is 5.32 Å². The van der Waals surface area contributed by atoms with Gasteiger partial charge >= 0.3 is 5.97 Å². The third-order valence-corrected chi connectivity index (χ3v) is 4.31. The maximum Gasteiger partial charge on any atom is 0.343 e. The number of anilines is 1. The third-order valence-electron chi connectivity index (χ3n) is 4.31. The second-order valence-electron chi connectivity index (χ2n) is 6.83. The minimum absolute atomic E-state index is 0.220. The summed E-state index contributed by atoms with van der Waals surface area (Å²) in [6, 6.07) is 21.5. The molecule has 0 unspecified atom stereocenters. The Morgan fingerprint density at radius 2 is 1.42 bits per heavy atom. The first kappa shape index (κ1) is 23.0. The zero-order valence-electron chi connectivity index (χ0n) is 17.7. The van der Waals surface area contributed by atoms with Crippen LogP contribution in [0, 0.1) is 0 Å². The van der Waals surface area contributed by atoms with Gasteiger partial charge in [0.25, 0.3) is 11.8 Å². The Kier molecular flexibility index (Phi) is 7.69. The van der Waals surface area contributed by atoms with Crippen molar-refractivity contribution < 1.29 is 23.9 Å². The summed E-state index contributed by atoms with van der Waals surface area (Å²) in [5, 5.41) is 2.60. The molecule has 33 heavy (non-hydrogen) atoms. The van der Waals surface area contributed by atoms with Crippen molar-refractivity contribution in [2.45, 2.75) is 6.92 Å². The lowest BCUT2D eigenvalue weighted by atomic mass is 10.2. The molecular formula is C25H21N3O5. The van der Waals surface area contributed by atoms with E-state index in [4.69, 9.17) is 4.74 Å². The minimum Gasteiger partial charge on any atom is -0.422 e. The molecule has 3 N–H and O–H groups in total. The summed E-state index contributed by atoms with van der Waals surface area (Å²) in [7, 11) is 0. The number of amides is 3. The first-order valence-corrected chi connectivity index (χ1v) is 9.94. The van der Waals surface area contributed by atoms with Crippen LogP contribution in [-0.2, 0) is 9.59 Å². The molecule has 0 aromatic heterocycles. The summed E-state index contributed by atoms with van der Waals surface area (Å²) in [4.78, 5) is 47.6. The van der Waals surface area contributed by atoms with E-state index in [1.807, 2.05) is 0 Å². The number of nitrogens with one attached hydrogen (secondary N) is 3. The zero-order chi connectivity index (χ0) is 23.6. The average molecular weight is 443 g/mol. The van der Waals surface area contributed by atoms with Crippen LogP contribution in [0.15, 0.2) is 84.9 Å². The fourth-order valence-electron chi connectivity index (χ4n) is 2.75. The van der Waals surface area contributed by atoms with Gasteiger partial charge in [-0.15, -0.1) is 0 Å². The van der Waals surface area contributed by atoms with E-state index < -0.39 is 17.8 Å². The van der Waals surface area contributed by atoms with E-state index in [0.29, 0.717) is 28.1 Å². The van der Waals surface area contributed by atoms with Crippen molar-refractivity contribution in [3.63, 3.8) is 0 Å². The fourth-order valence-corrected chi connectivity index (χ4v) is 2.75. The van der Waals surface area contributed by atoms with Gasteiger partial charge in [-0.3, -0.25) is 25.2 Å². The average Bonchev–Trinajstić information content (AvgIpc) is 2.82. The number of ether oxygens (including phenoxy) is 1. The summed E-state index contributed by atoms with van der Waals surface area (Å²) < 4.78 is 5.44. The summed E-state index contributed by atoms with van der Waals surface area (Å²) in [5.74, 6) is -1.55. The maximum absolute atomic E-state index is 12.3. The van der Waals surface area contributed by atoms with Crippen molar-refractivity contribution in [2.24, 2.45) is 0 Å². The smallest absolute Gasteiger partial charge is 0.343 e. The minimum atomic E-state index is -0.581. The molecule has 3 amide bonds. The second-order valence-corrected chi connectivity index (χ2v) is 6.83. The zero-order valence-corrected chi connectivity index (χ0v) is 17.7. The number of esters is 1. The molecule has 166 valence electrons. The number of hydrazine groups is 1. The van der Waals surface area contributed by atoms with E-state index in [1.54, 1.807) is 66.7 Å². The van der Waals surface area contributed by atoms with Crippen LogP contribution in [0.3, 0.4) is 0 Å². The van der Waals surface area contributed by atoms with Gasteiger partial charge in [0.1, 0.15) is 5.75 Å². The van der Waals surface area contributed by atoms with E-state index in [1.165, 1.54) is 31.2 Å². The Balaban J connectivity index is 1.57. The molecule has 0 aliphatic carbocycles. The Morgan fingerprint density at radius 1 is 0.758 bits per heavy atom. The predicted octanol–water partition coefficient (Wildman–Crippen LogP) is 3.34. The lowest BCUT2D eigenvalue weighted by Gasteiger charge is -2.08. The quantitative estimate of drug-likeness (QED) is 0.234. The topological polar surface area (TPSA) is 114 Å². The Morgan fingerprint density at radius 3 is 2.12 bits per heavy atom. The third kappa shape index (κ3) is 6.90. The lowest BCUT2D eigenvalue weighted by molar-refractivity contribution is -0.117. The highest BCUT2D eigenvalue weighted by Gasteiger charge is 2.10. The number of rotatable bonds is 6. The van der Waals surface area contributed by atoms with Crippen molar-refractivity contribution in [3.8, 4) is 5.75 Å². The van der Waals surface area contributed by atoms with Gasteiger partial charge in [-0.25, -0.2) is 4.79 Å². The lowest BCUT2D eigenvalue weighted by Crippen LogP contribution is -2.40. The molecule has 0 saturated carbocycles. The largest absolute Gasteiger partial charge is 0.422 e. The van der Waals surface area contributed by atoms with Crippen molar-refractivity contribution in [3.05, 3.63) is 102 Å². The van der Waals surface area contributed by atoms with Gasteiger partial charge in [-0.1, -0.05) is 36.4 Å². The molecule has 3 aromatic rings. The number of hydrogen-bond donors (Lipinski definition) is 3. The molecule has 3 aromatic carbocycles. The van der Waals surface area contributed by atoms with Gasteiger partial charge < -0.3 is 10.1 Å². The maximum atomic E-state index is 12.3. The molecule has 3 rings (SSSR count). The van der Waals surface area contributed by atoms with Gasteiger partial charge in [0.05, 0.1) is 5.56 Å². The van der Waals surface area contributed by atoms with E-state index in [0.717, 1.165) is 0 Å². The van der Waals surface area contributed by atoms with Crippen LogP contribution in [0.25, 0.3) is 6.08 Å². The number of carbonyl (C=O) groups is 4. The van der Waals surface area contributed by atoms with Crippen LogP contribution in [0.2, 0.25) is 0 Å². The van der Waals surface area contributed by atoms with E-state index in [9.17, 15) is 19.2 Å². The predicted molar refractivity (Wildman–Crippen MR) is 123 cm³/mol. The van der Waals surface area contributed by atoms with E-state index >= 15 is 0 Å². The number of hydrogen-bond acceptors (Lipinski definition) is 5. The molecule has 0 saturated heterocycles. The first-order chi connectivity index (χ1) is 15.9. The van der Waals surface area contributed by atoms with E-state index in [-0.39, 0.29) is 5.91 Å². The van der Waals surface area contributed by atoms with Gasteiger partial charge in [0.2, 0.25) is 5.91 Å². The molecule has 0 aliphatic rings. The molecule has 0 atom stereocenters. The Bertz CT molecular complexity index is 1190. The van der Waals surface area contributed by atoms with Crippen LogP contribution in [0.4, 0.5) is 5.69 Å². The molecular weight excluding hydrogens is 422 g/mol. The monoisotopic (exact) mass is 443 g/mol. The molecule has 0 aliphatic heterocycles. The standard InChI is InChI=1S/C25H21N3O5/c1-17(29)26-21-14-11-19(12-15-21)24(31)28-27-23(30)16-13-18-7-5-6-10-22(18)33-25(32)20-8-3-2-4-9-20/h2-16H,1H3,(H,26,29)(H,27,30)(H,28,31)/b16-13+. The molecule has 0 bridgehead atoms. The normalized spacial score (nSPS) is 10.3. The second kappa shape index (κ2) is 11.1. The molecule has 0 heterocycles. The molecule has 8 nitrogen and oxygen atoms in total. The van der Waals surface area contributed by atoms with Gasteiger partial charge in [-0.05, 0) is 48.5 Å². The van der Waals surface area contributed by atoms with Gasteiger partial charge in [0, 0.05) is 29.8 Å². The first-order valence-electron chi connectivity index (χ1n) is 9.94. The molecule has 0 fully saturated rings. The van der Waals surface area contributed by atoms with Crippen LogP contribution in [-0.4, -0.2) is 23.7 Å². The molecule has 8 heteroatoms. The highest BCUT2D eigenvalue weighted by atomic mass is 16.5. The molecule has 0 spiro atoms.